The van der Waals surface area contributed by atoms with Crippen LogP contribution in [-0.4, -0.2) is 59.6 Å². The lowest BCUT2D eigenvalue weighted by atomic mass is 10.0. The molecular weight excluding hydrogens is 333 g/mol. The minimum atomic E-state index is -5.29. The molecule has 2 aliphatic rings. The van der Waals surface area contributed by atoms with Crippen molar-refractivity contribution in [2.75, 3.05) is 5.75 Å². The Labute approximate surface area is 121 Å². The number of hydrogen-bond donors (Lipinski definition) is 2. The standard InChI is InChI=1S/C10H9F3N2O6S/c1-3-2-22(20,21)7-4(14-9(19)10(11,12)13)6(16)15(7)5(3)8(17)18/h4,7H,2H2,1H3,(H,14,19)(H,17,18). The lowest BCUT2D eigenvalue weighted by Gasteiger charge is -2.48. The van der Waals surface area contributed by atoms with E-state index in [1.807, 2.05) is 0 Å². The fourth-order valence-electron chi connectivity index (χ4n) is 2.37. The van der Waals surface area contributed by atoms with Crippen LogP contribution in [0.1, 0.15) is 6.92 Å². The Morgan fingerprint density at radius 2 is 1.91 bits per heavy atom. The molecule has 2 heterocycles. The lowest BCUT2D eigenvalue weighted by molar-refractivity contribution is -0.177. The van der Waals surface area contributed by atoms with E-state index in [9.17, 15) is 36.0 Å². The highest BCUT2D eigenvalue weighted by Crippen LogP contribution is 2.36. The number of aliphatic carboxylic acids is 1. The number of nitrogens with one attached hydrogen (secondary N) is 1. The smallest absolute Gasteiger partial charge is 0.471 e. The van der Waals surface area contributed by atoms with E-state index in [2.05, 4.69) is 0 Å². The van der Waals surface area contributed by atoms with E-state index in [4.69, 9.17) is 5.11 Å². The fourth-order valence-corrected chi connectivity index (χ4v) is 4.41. The van der Waals surface area contributed by atoms with E-state index in [1.54, 1.807) is 0 Å². The number of carboxylic acids is 1. The molecule has 2 atom stereocenters. The molecule has 12 heteroatoms. The van der Waals surface area contributed by atoms with Crippen LogP contribution in [0.25, 0.3) is 0 Å². The van der Waals surface area contributed by atoms with Crippen molar-refractivity contribution in [1.29, 1.82) is 0 Å². The molecule has 22 heavy (non-hydrogen) atoms. The number of hydrogen-bond acceptors (Lipinski definition) is 5. The number of carbonyl (C=O) groups excluding carboxylic acids is 2. The van der Waals surface area contributed by atoms with Gasteiger partial charge in [-0.3, -0.25) is 14.5 Å². The molecule has 1 saturated heterocycles. The van der Waals surface area contributed by atoms with Gasteiger partial charge in [0, 0.05) is 0 Å². The molecule has 2 N–H and O–H groups in total. The van der Waals surface area contributed by atoms with Crippen molar-refractivity contribution in [3.8, 4) is 0 Å². The van der Waals surface area contributed by atoms with E-state index < -0.39 is 56.7 Å². The zero-order chi connectivity index (χ0) is 17.0. The molecular formula is C10H9F3N2O6S. The highest BCUT2D eigenvalue weighted by atomic mass is 32.2. The van der Waals surface area contributed by atoms with E-state index in [1.165, 1.54) is 12.2 Å². The molecule has 0 saturated carbocycles. The number of sulfone groups is 1. The second kappa shape index (κ2) is 4.69. The topological polar surface area (TPSA) is 121 Å². The van der Waals surface area contributed by atoms with Gasteiger partial charge >= 0.3 is 18.1 Å². The Morgan fingerprint density at radius 3 is 2.36 bits per heavy atom. The van der Waals surface area contributed by atoms with Gasteiger partial charge in [-0.25, -0.2) is 13.2 Å². The van der Waals surface area contributed by atoms with Gasteiger partial charge in [0.25, 0.3) is 5.91 Å². The van der Waals surface area contributed by atoms with Crippen LogP contribution in [0.5, 0.6) is 0 Å². The van der Waals surface area contributed by atoms with Crippen LogP contribution in [0, 0.1) is 0 Å². The van der Waals surface area contributed by atoms with E-state index >= 15 is 0 Å². The highest BCUT2D eigenvalue weighted by Gasteiger charge is 2.61. The van der Waals surface area contributed by atoms with Crippen molar-refractivity contribution in [2.45, 2.75) is 24.5 Å². The van der Waals surface area contributed by atoms with Gasteiger partial charge in [-0.15, -0.1) is 0 Å². The molecule has 0 aromatic carbocycles. The molecule has 0 bridgehead atoms. The van der Waals surface area contributed by atoms with Crippen molar-refractivity contribution >= 4 is 27.6 Å². The zero-order valence-corrected chi connectivity index (χ0v) is 11.7. The van der Waals surface area contributed by atoms with E-state index in [-0.39, 0.29) is 5.57 Å². The Bertz CT molecular complexity index is 711. The minimum absolute atomic E-state index is 0.113. The third-order valence-corrected chi connectivity index (χ3v) is 5.27. The predicted molar refractivity (Wildman–Crippen MR) is 62.7 cm³/mol. The van der Waals surface area contributed by atoms with Gasteiger partial charge in [0.1, 0.15) is 11.7 Å². The third-order valence-electron chi connectivity index (χ3n) is 3.22. The monoisotopic (exact) mass is 342 g/mol. The first kappa shape index (κ1) is 16.3. The third kappa shape index (κ3) is 2.32. The Kier molecular flexibility index (Phi) is 3.47. The maximum atomic E-state index is 12.2. The first-order chi connectivity index (χ1) is 9.88. The molecule has 1 fully saturated rings. The second-order valence-electron chi connectivity index (χ2n) is 4.79. The predicted octanol–water partition coefficient (Wildman–Crippen LogP) is -1.01. The zero-order valence-electron chi connectivity index (χ0n) is 10.8. The highest BCUT2D eigenvalue weighted by molar-refractivity contribution is 7.92. The summed E-state index contributed by atoms with van der Waals surface area (Å²) in [6, 6.07) is -1.96. The summed E-state index contributed by atoms with van der Waals surface area (Å²) in [5.41, 5.74) is -0.708. The van der Waals surface area contributed by atoms with Crippen LogP contribution in [0.4, 0.5) is 13.2 Å². The number of β-lactam (4-membered cyclic amide) rings is 1. The number of alkyl halides is 3. The molecule has 0 aromatic heterocycles. The quantitative estimate of drug-likeness (QED) is 0.620. The first-order valence-electron chi connectivity index (χ1n) is 5.73. The molecule has 8 nitrogen and oxygen atoms in total. The van der Waals surface area contributed by atoms with Crippen LogP contribution in [0.15, 0.2) is 11.3 Å². The Hall–Kier alpha value is -2.11. The number of carboxylic acid groups (broad SMARTS) is 1. The number of carbonyl (C=O) groups is 3. The number of amides is 2. The number of fused-ring (bicyclic) bond motifs is 1. The van der Waals surface area contributed by atoms with Crippen molar-refractivity contribution < 1.29 is 41.1 Å². The van der Waals surface area contributed by atoms with Gasteiger partial charge in [0.15, 0.2) is 15.2 Å². The average Bonchev–Trinajstić information content (AvgIpc) is 2.32. The molecule has 122 valence electrons. The average molecular weight is 342 g/mol. The molecule has 2 amide bonds. The number of rotatable bonds is 2. The molecule has 0 aliphatic carbocycles. The molecule has 0 aromatic rings. The summed E-state index contributed by atoms with van der Waals surface area (Å²) >= 11 is 0. The van der Waals surface area contributed by atoms with Crippen molar-refractivity contribution in [2.24, 2.45) is 0 Å². The van der Waals surface area contributed by atoms with E-state index in [0.29, 0.717) is 4.90 Å². The summed E-state index contributed by atoms with van der Waals surface area (Å²) in [4.78, 5) is 34.1. The molecule has 0 radical (unpaired) electrons. The SMILES string of the molecule is CC1=C(C(=O)O)N2C(=O)C(NC(=O)C(F)(F)F)C2S(=O)(=O)C1. The fraction of sp³-hybridized carbons (Fsp3) is 0.500. The van der Waals surface area contributed by atoms with Crippen molar-refractivity contribution in [1.82, 2.24) is 10.2 Å². The van der Waals surface area contributed by atoms with Gasteiger partial charge < -0.3 is 10.4 Å². The van der Waals surface area contributed by atoms with Crippen LogP contribution in [0.3, 0.4) is 0 Å². The number of halogens is 3. The summed E-state index contributed by atoms with van der Waals surface area (Å²) in [7, 11) is -4.11. The summed E-state index contributed by atoms with van der Waals surface area (Å²) < 4.78 is 60.5. The lowest BCUT2D eigenvalue weighted by Crippen LogP contribution is -2.75. The molecule has 2 rings (SSSR count). The van der Waals surface area contributed by atoms with Crippen LogP contribution < -0.4 is 5.32 Å². The number of nitrogens with zero attached hydrogens (tertiary/aromatic N) is 1. The largest absolute Gasteiger partial charge is 0.477 e. The first-order valence-corrected chi connectivity index (χ1v) is 7.45. The van der Waals surface area contributed by atoms with E-state index in [0.717, 1.165) is 0 Å². The van der Waals surface area contributed by atoms with Crippen LogP contribution in [0.2, 0.25) is 0 Å². The summed E-state index contributed by atoms with van der Waals surface area (Å²) in [6.45, 7) is 1.19. The summed E-state index contributed by atoms with van der Waals surface area (Å²) in [5, 5.41) is 8.44. The van der Waals surface area contributed by atoms with Gasteiger partial charge in [-0.2, -0.15) is 13.2 Å². The normalized spacial score (nSPS) is 27.1. The Balaban J connectivity index is 2.38. The van der Waals surface area contributed by atoms with Crippen LogP contribution in [-0.2, 0) is 24.2 Å². The van der Waals surface area contributed by atoms with Crippen LogP contribution >= 0.6 is 0 Å². The minimum Gasteiger partial charge on any atom is -0.477 e. The molecule has 2 unspecified atom stereocenters. The Morgan fingerprint density at radius 1 is 1.36 bits per heavy atom. The summed E-state index contributed by atoms with van der Waals surface area (Å²) in [6.07, 6.45) is -5.29. The maximum Gasteiger partial charge on any atom is 0.471 e. The molecule has 2 aliphatic heterocycles. The van der Waals surface area contributed by atoms with Gasteiger partial charge in [-0.05, 0) is 12.5 Å². The maximum absolute atomic E-state index is 12.2. The van der Waals surface area contributed by atoms with Crippen molar-refractivity contribution in [3.63, 3.8) is 0 Å². The van der Waals surface area contributed by atoms with Gasteiger partial charge in [0.2, 0.25) is 0 Å². The summed E-state index contributed by atoms with van der Waals surface area (Å²) in [5.74, 6) is -5.99. The van der Waals surface area contributed by atoms with Gasteiger partial charge in [-0.1, -0.05) is 0 Å². The van der Waals surface area contributed by atoms with Crippen molar-refractivity contribution in [3.05, 3.63) is 11.3 Å². The molecule has 0 spiro atoms. The van der Waals surface area contributed by atoms with Gasteiger partial charge in [0.05, 0.1) is 5.75 Å². The second-order valence-corrected chi connectivity index (χ2v) is 6.89.